The maximum absolute atomic E-state index is 13.7. The summed E-state index contributed by atoms with van der Waals surface area (Å²) in [4.78, 5) is 0. The second kappa shape index (κ2) is 4.78. The molecule has 0 atom stereocenters. The van der Waals surface area contributed by atoms with Gasteiger partial charge < -0.3 is 9.84 Å². The number of aromatic nitrogens is 2. The number of aliphatic hydroxyl groups excluding tert-OH is 1. The van der Waals surface area contributed by atoms with Crippen molar-refractivity contribution in [2.75, 3.05) is 0 Å². The molecule has 1 aromatic heterocycles. The van der Waals surface area contributed by atoms with Crippen molar-refractivity contribution in [3.8, 4) is 11.5 Å². The molecule has 0 bridgehead atoms. The molecule has 96 valence electrons. The second-order valence-electron chi connectivity index (χ2n) is 4.15. The zero-order valence-corrected chi connectivity index (χ0v) is 10.6. The van der Waals surface area contributed by atoms with Crippen LogP contribution in [0.4, 0.5) is 4.39 Å². The van der Waals surface area contributed by atoms with E-state index in [9.17, 15) is 4.39 Å². The Kier molecular flexibility index (Phi) is 3.34. The van der Waals surface area contributed by atoms with E-state index >= 15 is 0 Å². The van der Waals surface area contributed by atoms with Crippen molar-refractivity contribution in [3.63, 3.8) is 0 Å². The Balaban J connectivity index is 2.34. The molecule has 0 saturated carbocycles. The van der Waals surface area contributed by atoms with Gasteiger partial charge in [0.25, 0.3) is 0 Å². The minimum atomic E-state index is -0.496. The van der Waals surface area contributed by atoms with Gasteiger partial charge >= 0.3 is 0 Å². The number of aryl methyl sites for hydroxylation is 2. The van der Waals surface area contributed by atoms with Crippen molar-refractivity contribution in [1.29, 1.82) is 0 Å². The van der Waals surface area contributed by atoms with Gasteiger partial charge in [-0.05, 0) is 31.5 Å². The highest BCUT2D eigenvalue weighted by Crippen LogP contribution is 2.30. The maximum atomic E-state index is 13.7. The third kappa shape index (κ3) is 2.22. The Hall–Kier alpha value is -1.88. The van der Waals surface area contributed by atoms with Crippen LogP contribution in [0.25, 0.3) is 0 Å². The van der Waals surface area contributed by atoms with Gasteiger partial charge in [-0.1, -0.05) is 6.07 Å². The van der Waals surface area contributed by atoms with Gasteiger partial charge in [0.15, 0.2) is 17.3 Å². The molecule has 0 aliphatic carbocycles. The van der Waals surface area contributed by atoms with E-state index in [0.29, 0.717) is 17.0 Å². The van der Waals surface area contributed by atoms with Gasteiger partial charge in [0.05, 0.1) is 12.3 Å². The maximum Gasteiger partial charge on any atom is 0.171 e. The van der Waals surface area contributed by atoms with Crippen molar-refractivity contribution < 1.29 is 14.2 Å². The highest BCUT2D eigenvalue weighted by molar-refractivity contribution is 5.38. The lowest BCUT2D eigenvalue weighted by Gasteiger charge is -2.08. The van der Waals surface area contributed by atoms with Gasteiger partial charge in [-0.3, -0.25) is 4.68 Å². The van der Waals surface area contributed by atoms with Gasteiger partial charge in [0.1, 0.15) is 5.69 Å². The Bertz CT molecular complexity index is 579. The van der Waals surface area contributed by atoms with Gasteiger partial charge in [-0.2, -0.15) is 5.10 Å². The standard InChI is InChI=1S/C13H15FN2O2/c1-8-13(9(2)16(3)15-8)18-12-5-4-10(7-17)6-11(12)14/h4-6,17H,7H2,1-3H3. The summed E-state index contributed by atoms with van der Waals surface area (Å²) in [7, 11) is 1.81. The Morgan fingerprint density at radius 2 is 2.11 bits per heavy atom. The van der Waals surface area contributed by atoms with Crippen LogP contribution in [0.2, 0.25) is 0 Å². The molecule has 0 radical (unpaired) electrons. The molecule has 2 rings (SSSR count). The number of aliphatic hydroxyl groups is 1. The Morgan fingerprint density at radius 3 is 2.61 bits per heavy atom. The third-order valence-electron chi connectivity index (χ3n) is 2.83. The van der Waals surface area contributed by atoms with Crippen molar-refractivity contribution in [2.24, 2.45) is 7.05 Å². The highest BCUT2D eigenvalue weighted by atomic mass is 19.1. The first-order valence-corrected chi connectivity index (χ1v) is 5.60. The minimum absolute atomic E-state index is 0.131. The average molecular weight is 250 g/mol. The van der Waals surface area contributed by atoms with Crippen molar-refractivity contribution in [1.82, 2.24) is 9.78 Å². The van der Waals surface area contributed by atoms with Crippen LogP contribution in [0, 0.1) is 19.7 Å². The molecule has 2 aromatic rings. The molecule has 0 aliphatic heterocycles. The normalized spacial score (nSPS) is 10.7. The SMILES string of the molecule is Cc1nn(C)c(C)c1Oc1ccc(CO)cc1F. The van der Waals surface area contributed by atoms with Crippen LogP contribution >= 0.6 is 0 Å². The van der Waals surface area contributed by atoms with Crippen LogP contribution in [0.1, 0.15) is 17.0 Å². The zero-order valence-electron chi connectivity index (χ0n) is 10.6. The molecule has 0 saturated heterocycles. The molecule has 1 N–H and O–H groups in total. The third-order valence-corrected chi connectivity index (χ3v) is 2.83. The van der Waals surface area contributed by atoms with Gasteiger partial charge in [-0.25, -0.2) is 4.39 Å². The molecule has 1 heterocycles. The van der Waals surface area contributed by atoms with Gasteiger partial charge in [0, 0.05) is 7.05 Å². The van der Waals surface area contributed by atoms with E-state index in [1.165, 1.54) is 12.1 Å². The minimum Gasteiger partial charge on any atom is -0.450 e. The van der Waals surface area contributed by atoms with Crippen LogP contribution in [-0.4, -0.2) is 14.9 Å². The Labute approximate surface area is 105 Å². The summed E-state index contributed by atoms with van der Waals surface area (Å²) in [5, 5.41) is 13.1. The van der Waals surface area contributed by atoms with E-state index in [1.54, 1.807) is 17.8 Å². The van der Waals surface area contributed by atoms with E-state index in [1.807, 2.05) is 13.8 Å². The van der Waals surface area contributed by atoms with Crippen molar-refractivity contribution >= 4 is 0 Å². The van der Waals surface area contributed by atoms with Gasteiger partial charge in [0.2, 0.25) is 0 Å². The number of hydrogen-bond acceptors (Lipinski definition) is 3. The molecule has 0 aliphatic rings. The molecule has 0 fully saturated rings. The van der Waals surface area contributed by atoms with Crippen LogP contribution in [-0.2, 0) is 13.7 Å². The Morgan fingerprint density at radius 1 is 1.39 bits per heavy atom. The smallest absolute Gasteiger partial charge is 0.171 e. The molecule has 5 heteroatoms. The molecule has 1 aromatic carbocycles. The molecular formula is C13H15FN2O2. The van der Waals surface area contributed by atoms with Crippen LogP contribution < -0.4 is 4.74 Å². The number of hydrogen-bond donors (Lipinski definition) is 1. The molecule has 0 amide bonds. The largest absolute Gasteiger partial charge is 0.450 e. The van der Waals surface area contributed by atoms with E-state index in [0.717, 1.165) is 5.69 Å². The molecule has 0 unspecified atom stereocenters. The van der Waals surface area contributed by atoms with Gasteiger partial charge in [-0.15, -0.1) is 0 Å². The predicted octanol–water partition coefficient (Wildman–Crippen LogP) is 2.46. The number of nitrogens with zero attached hydrogens (tertiary/aromatic N) is 2. The summed E-state index contributed by atoms with van der Waals surface area (Å²) in [6.45, 7) is 3.47. The van der Waals surface area contributed by atoms with E-state index in [2.05, 4.69) is 5.10 Å². The molecule has 0 spiro atoms. The van der Waals surface area contributed by atoms with Crippen molar-refractivity contribution in [2.45, 2.75) is 20.5 Å². The average Bonchev–Trinajstić information content (AvgIpc) is 2.58. The number of halogens is 1. The highest BCUT2D eigenvalue weighted by Gasteiger charge is 2.14. The van der Waals surface area contributed by atoms with Crippen LogP contribution in [0.3, 0.4) is 0 Å². The first kappa shape index (κ1) is 12.6. The summed E-state index contributed by atoms with van der Waals surface area (Å²) < 4.78 is 21.0. The molecular weight excluding hydrogens is 235 g/mol. The van der Waals surface area contributed by atoms with E-state index < -0.39 is 5.82 Å². The fourth-order valence-electron chi connectivity index (χ4n) is 1.74. The lowest BCUT2D eigenvalue weighted by Crippen LogP contribution is -1.94. The molecule has 4 nitrogen and oxygen atoms in total. The predicted molar refractivity (Wildman–Crippen MR) is 65.1 cm³/mol. The first-order chi connectivity index (χ1) is 8.52. The summed E-state index contributed by atoms with van der Waals surface area (Å²) in [5.74, 6) is 0.198. The number of rotatable bonds is 3. The zero-order chi connectivity index (χ0) is 13.3. The lowest BCUT2D eigenvalue weighted by molar-refractivity contribution is 0.281. The second-order valence-corrected chi connectivity index (χ2v) is 4.15. The van der Waals surface area contributed by atoms with Crippen molar-refractivity contribution in [3.05, 3.63) is 41.0 Å². The molecule has 18 heavy (non-hydrogen) atoms. The summed E-state index contributed by atoms with van der Waals surface area (Å²) >= 11 is 0. The monoisotopic (exact) mass is 250 g/mol. The first-order valence-electron chi connectivity index (χ1n) is 5.60. The van der Waals surface area contributed by atoms with Crippen LogP contribution in [0.15, 0.2) is 18.2 Å². The summed E-state index contributed by atoms with van der Waals surface area (Å²) in [5.41, 5.74) is 2.05. The summed E-state index contributed by atoms with van der Waals surface area (Å²) in [6.07, 6.45) is 0. The quantitative estimate of drug-likeness (QED) is 0.910. The lowest BCUT2D eigenvalue weighted by atomic mass is 10.2. The van der Waals surface area contributed by atoms with Crippen LogP contribution in [0.5, 0.6) is 11.5 Å². The summed E-state index contributed by atoms with van der Waals surface area (Å²) in [6, 6.07) is 4.39. The fourth-order valence-corrected chi connectivity index (χ4v) is 1.74. The van der Waals surface area contributed by atoms with E-state index in [4.69, 9.17) is 9.84 Å². The van der Waals surface area contributed by atoms with E-state index in [-0.39, 0.29) is 12.4 Å². The topological polar surface area (TPSA) is 47.3 Å². The number of benzene rings is 1. The number of ether oxygens (including phenoxy) is 1. The fraction of sp³-hybridized carbons (Fsp3) is 0.308.